The van der Waals surface area contributed by atoms with E-state index in [1.807, 2.05) is 23.6 Å². The minimum atomic E-state index is 0.471. The Morgan fingerprint density at radius 2 is 2.24 bits per heavy atom. The van der Waals surface area contributed by atoms with Gasteiger partial charge in [-0.3, -0.25) is 0 Å². The molecule has 4 heteroatoms. The van der Waals surface area contributed by atoms with Gasteiger partial charge in [0.15, 0.2) is 0 Å². The molecular weight excluding hydrogens is 254 g/mol. The molecule has 0 fully saturated rings. The first-order valence-corrected chi connectivity index (χ1v) is 6.73. The summed E-state index contributed by atoms with van der Waals surface area (Å²) in [5.74, 6) is 1.19. The van der Waals surface area contributed by atoms with Gasteiger partial charge in [0.25, 0.3) is 0 Å². The van der Waals surface area contributed by atoms with Crippen LogP contribution in [0.5, 0.6) is 5.75 Å². The molecule has 0 radical (unpaired) electrons. The highest BCUT2D eigenvalue weighted by Gasteiger charge is 2.06. The minimum absolute atomic E-state index is 0.471. The van der Waals surface area contributed by atoms with Crippen molar-refractivity contribution in [1.29, 1.82) is 0 Å². The summed E-state index contributed by atoms with van der Waals surface area (Å²) in [4.78, 5) is 4.16. The summed E-state index contributed by atoms with van der Waals surface area (Å²) in [6.07, 6.45) is 1.77. The third kappa shape index (κ3) is 3.20. The highest BCUT2D eigenvalue weighted by molar-refractivity contribution is 7.09. The van der Waals surface area contributed by atoms with E-state index in [2.05, 4.69) is 18.8 Å². The lowest BCUT2D eigenvalue weighted by Crippen LogP contribution is -1.96. The fourth-order valence-electron chi connectivity index (χ4n) is 1.46. The van der Waals surface area contributed by atoms with Crippen molar-refractivity contribution in [2.75, 3.05) is 0 Å². The number of halogens is 1. The molecule has 90 valence electrons. The molecule has 1 aromatic heterocycles. The molecule has 0 aliphatic carbocycles. The summed E-state index contributed by atoms with van der Waals surface area (Å²) in [5.41, 5.74) is 1.22. The van der Waals surface area contributed by atoms with E-state index >= 15 is 0 Å². The number of benzene rings is 1. The Bertz CT molecular complexity index is 482. The number of nitrogens with zero attached hydrogens (tertiary/aromatic N) is 1. The molecule has 2 aromatic rings. The summed E-state index contributed by atoms with van der Waals surface area (Å²) in [6.45, 7) is 4.75. The molecule has 2 nitrogen and oxygen atoms in total. The predicted octanol–water partition coefficient (Wildman–Crippen LogP) is 4.50. The molecule has 0 unspecified atom stereocenters. The Labute approximate surface area is 110 Å². The lowest BCUT2D eigenvalue weighted by Gasteiger charge is -2.10. The Hall–Kier alpha value is -1.06. The van der Waals surface area contributed by atoms with E-state index in [1.54, 1.807) is 17.5 Å². The standard InChI is InChI=1S/C13H14ClNOS/c1-9(2)10-3-4-12(11(14)7-10)16-8-13-15-5-6-17-13/h3-7,9H,8H2,1-2H3. The van der Waals surface area contributed by atoms with Gasteiger partial charge in [0.05, 0.1) is 5.02 Å². The van der Waals surface area contributed by atoms with Crippen LogP contribution in [0.15, 0.2) is 29.8 Å². The molecule has 1 aromatic carbocycles. The van der Waals surface area contributed by atoms with E-state index in [0.29, 0.717) is 23.3 Å². The molecule has 0 aliphatic heterocycles. The second-order valence-corrected chi connectivity index (χ2v) is 5.45. The fraction of sp³-hybridized carbons (Fsp3) is 0.308. The summed E-state index contributed by atoms with van der Waals surface area (Å²) in [5, 5.41) is 3.55. The largest absolute Gasteiger partial charge is 0.485 e. The second-order valence-electron chi connectivity index (χ2n) is 4.06. The van der Waals surface area contributed by atoms with E-state index in [9.17, 15) is 0 Å². The van der Waals surface area contributed by atoms with Crippen LogP contribution in [0.4, 0.5) is 0 Å². The van der Waals surface area contributed by atoms with Crippen LogP contribution in [-0.2, 0) is 6.61 Å². The van der Waals surface area contributed by atoms with Gasteiger partial charge in [0.1, 0.15) is 17.4 Å². The van der Waals surface area contributed by atoms with Gasteiger partial charge < -0.3 is 4.74 Å². The number of thiazole rings is 1. The smallest absolute Gasteiger partial charge is 0.140 e. The van der Waals surface area contributed by atoms with Crippen molar-refractivity contribution in [2.24, 2.45) is 0 Å². The monoisotopic (exact) mass is 267 g/mol. The summed E-state index contributed by atoms with van der Waals surface area (Å²) in [7, 11) is 0. The average Bonchev–Trinajstić information content (AvgIpc) is 2.80. The number of rotatable bonds is 4. The van der Waals surface area contributed by atoms with Crippen LogP contribution in [0.25, 0.3) is 0 Å². The summed E-state index contributed by atoms with van der Waals surface area (Å²) >= 11 is 7.75. The van der Waals surface area contributed by atoms with Crippen molar-refractivity contribution >= 4 is 22.9 Å². The van der Waals surface area contributed by atoms with Crippen molar-refractivity contribution in [3.8, 4) is 5.75 Å². The predicted molar refractivity (Wildman–Crippen MR) is 72.0 cm³/mol. The van der Waals surface area contributed by atoms with E-state index in [0.717, 1.165) is 5.01 Å². The van der Waals surface area contributed by atoms with Crippen LogP contribution in [-0.4, -0.2) is 4.98 Å². The number of aromatic nitrogens is 1. The quantitative estimate of drug-likeness (QED) is 0.814. The maximum atomic E-state index is 6.17. The van der Waals surface area contributed by atoms with Crippen LogP contribution < -0.4 is 4.74 Å². The van der Waals surface area contributed by atoms with Crippen molar-refractivity contribution in [3.05, 3.63) is 45.4 Å². The van der Waals surface area contributed by atoms with Crippen LogP contribution in [0.3, 0.4) is 0 Å². The highest BCUT2D eigenvalue weighted by atomic mass is 35.5. The van der Waals surface area contributed by atoms with Gasteiger partial charge >= 0.3 is 0 Å². The van der Waals surface area contributed by atoms with Crippen LogP contribution in [0.1, 0.15) is 30.3 Å². The van der Waals surface area contributed by atoms with Crippen molar-refractivity contribution in [2.45, 2.75) is 26.4 Å². The number of hydrogen-bond donors (Lipinski definition) is 0. The first-order chi connectivity index (χ1) is 8.16. The van der Waals surface area contributed by atoms with Gasteiger partial charge in [-0.05, 0) is 23.6 Å². The molecule has 0 aliphatic rings. The molecule has 0 amide bonds. The first-order valence-electron chi connectivity index (χ1n) is 5.47. The zero-order valence-electron chi connectivity index (χ0n) is 9.81. The first kappa shape index (κ1) is 12.4. The Morgan fingerprint density at radius 1 is 1.41 bits per heavy atom. The molecule has 0 spiro atoms. The van der Waals surface area contributed by atoms with E-state index in [4.69, 9.17) is 16.3 Å². The molecule has 17 heavy (non-hydrogen) atoms. The fourth-order valence-corrected chi connectivity index (χ4v) is 2.23. The van der Waals surface area contributed by atoms with E-state index in [1.165, 1.54) is 5.56 Å². The minimum Gasteiger partial charge on any atom is -0.485 e. The van der Waals surface area contributed by atoms with Gasteiger partial charge in [0.2, 0.25) is 0 Å². The lowest BCUT2D eigenvalue weighted by molar-refractivity contribution is 0.305. The number of hydrogen-bond acceptors (Lipinski definition) is 3. The molecule has 0 bridgehead atoms. The van der Waals surface area contributed by atoms with Gasteiger partial charge in [-0.25, -0.2) is 4.98 Å². The Balaban J connectivity index is 2.06. The highest BCUT2D eigenvalue weighted by Crippen LogP contribution is 2.29. The molecule has 0 saturated heterocycles. The van der Waals surface area contributed by atoms with Gasteiger partial charge in [0, 0.05) is 11.6 Å². The molecule has 0 N–H and O–H groups in total. The topological polar surface area (TPSA) is 22.1 Å². The van der Waals surface area contributed by atoms with Gasteiger partial charge in [-0.2, -0.15) is 0 Å². The van der Waals surface area contributed by atoms with Crippen LogP contribution in [0, 0.1) is 0 Å². The Morgan fingerprint density at radius 3 is 2.82 bits per heavy atom. The summed E-state index contributed by atoms with van der Waals surface area (Å²) < 4.78 is 5.63. The summed E-state index contributed by atoms with van der Waals surface area (Å²) in [6, 6.07) is 5.93. The van der Waals surface area contributed by atoms with Crippen LogP contribution >= 0.6 is 22.9 Å². The normalized spacial score (nSPS) is 10.8. The molecule has 1 heterocycles. The van der Waals surface area contributed by atoms with E-state index in [-0.39, 0.29) is 0 Å². The van der Waals surface area contributed by atoms with Crippen molar-refractivity contribution in [3.63, 3.8) is 0 Å². The molecule has 0 atom stereocenters. The van der Waals surface area contributed by atoms with E-state index < -0.39 is 0 Å². The average molecular weight is 268 g/mol. The third-order valence-corrected chi connectivity index (χ3v) is 3.51. The van der Waals surface area contributed by atoms with Gasteiger partial charge in [-0.15, -0.1) is 11.3 Å². The van der Waals surface area contributed by atoms with Crippen molar-refractivity contribution in [1.82, 2.24) is 4.98 Å². The SMILES string of the molecule is CC(C)c1ccc(OCc2nccs2)c(Cl)c1. The molecular formula is C13H14ClNOS. The Kier molecular flexibility index (Phi) is 4.02. The molecule has 0 saturated carbocycles. The molecule has 2 rings (SSSR count). The maximum Gasteiger partial charge on any atom is 0.140 e. The zero-order chi connectivity index (χ0) is 12.3. The maximum absolute atomic E-state index is 6.17. The zero-order valence-corrected chi connectivity index (χ0v) is 11.4. The third-order valence-electron chi connectivity index (χ3n) is 2.46. The second kappa shape index (κ2) is 5.52. The van der Waals surface area contributed by atoms with Gasteiger partial charge in [-0.1, -0.05) is 31.5 Å². The van der Waals surface area contributed by atoms with Crippen molar-refractivity contribution < 1.29 is 4.74 Å². The van der Waals surface area contributed by atoms with Crippen LogP contribution in [0.2, 0.25) is 5.02 Å². The lowest BCUT2D eigenvalue weighted by atomic mass is 10.0. The number of ether oxygens (including phenoxy) is 1.